The number of rotatable bonds is 7. The molecular formula is C35H40ClN7O3. The number of aromatic nitrogens is 3. The van der Waals surface area contributed by atoms with Gasteiger partial charge in [0.1, 0.15) is 12.4 Å². The van der Waals surface area contributed by atoms with Gasteiger partial charge in [-0.15, -0.1) is 0 Å². The Morgan fingerprint density at radius 2 is 1.76 bits per heavy atom. The average molecular weight is 642 g/mol. The van der Waals surface area contributed by atoms with Crippen molar-refractivity contribution in [3.05, 3.63) is 88.5 Å². The largest absolute Gasteiger partial charge is 0.492 e. The van der Waals surface area contributed by atoms with E-state index in [4.69, 9.17) is 27.8 Å². The quantitative estimate of drug-likeness (QED) is 0.171. The molecule has 10 nitrogen and oxygen atoms in total. The topological polar surface area (TPSA) is 141 Å². The lowest BCUT2D eigenvalue weighted by Gasteiger charge is -2.40. The lowest BCUT2D eigenvalue weighted by atomic mass is 9.86. The van der Waals surface area contributed by atoms with Crippen molar-refractivity contribution in [3.63, 3.8) is 0 Å². The summed E-state index contributed by atoms with van der Waals surface area (Å²) in [6.07, 6.45) is 6.69. The van der Waals surface area contributed by atoms with Crippen LogP contribution in [0.25, 0.3) is 10.9 Å². The van der Waals surface area contributed by atoms with Gasteiger partial charge in [0, 0.05) is 53.1 Å². The van der Waals surface area contributed by atoms with Crippen LogP contribution in [0.15, 0.2) is 66.5 Å². The van der Waals surface area contributed by atoms with Crippen LogP contribution >= 0.6 is 11.6 Å². The van der Waals surface area contributed by atoms with Crippen molar-refractivity contribution in [1.82, 2.24) is 24.8 Å². The molecule has 0 atom stereocenters. The second-order valence-electron chi connectivity index (χ2n) is 13.2. The Labute approximate surface area is 273 Å². The van der Waals surface area contributed by atoms with E-state index >= 15 is 0 Å². The molecule has 4 aromatic rings. The van der Waals surface area contributed by atoms with Crippen molar-refractivity contribution in [2.24, 2.45) is 0 Å². The zero-order chi connectivity index (χ0) is 32.6. The molecule has 2 aromatic carbocycles. The minimum atomic E-state index is -0.375. The Hall–Kier alpha value is -4.57. The number of ketones is 1. The number of benzene rings is 2. The predicted molar refractivity (Wildman–Crippen MR) is 181 cm³/mol. The maximum absolute atomic E-state index is 13.7. The highest BCUT2D eigenvalue weighted by Gasteiger charge is 2.40. The molecule has 1 spiro atoms. The summed E-state index contributed by atoms with van der Waals surface area (Å²) >= 11 is 5.95. The van der Waals surface area contributed by atoms with Crippen molar-refractivity contribution in [1.29, 1.82) is 0 Å². The average Bonchev–Trinajstić information content (AvgIpc) is 3.62. The van der Waals surface area contributed by atoms with Crippen LogP contribution in [-0.2, 0) is 12.0 Å². The standard InChI is InChI=1S/C35H40ClN7O3/c1-34(2,3)22-7-9-24(10-8-22)46-20-19-42-16-12-25-26(5-4-6-27(25)42)33(45)43-17-14-35(15-18-43)13-11-23(41-35)21-28(44)29-31(37)40-32(38)30(36)39-29/h4-10,12,16,21,41H,11,13-15,17-20H2,1-3H3,(H4,37,38,40)/b23-21+. The molecule has 0 saturated carbocycles. The van der Waals surface area contributed by atoms with Crippen LogP contribution in [0.3, 0.4) is 0 Å². The summed E-state index contributed by atoms with van der Waals surface area (Å²) in [5, 5.41) is 4.45. The number of anilines is 2. The number of amides is 1. The van der Waals surface area contributed by atoms with Crippen LogP contribution in [0.1, 0.15) is 72.9 Å². The molecule has 0 bridgehead atoms. The summed E-state index contributed by atoms with van der Waals surface area (Å²) in [4.78, 5) is 36.5. The first-order valence-corrected chi connectivity index (χ1v) is 16.0. The molecule has 2 saturated heterocycles. The Balaban J connectivity index is 1.06. The zero-order valence-electron chi connectivity index (χ0n) is 26.5. The van der Waals surface area contributed by atoms with Gasteiger partial charge in [0.05, 0.1) is 6.54 Å². The first-order chi connectivity index (χ1) is 21.9. The number of hydrogen-bond acceptors (Lipinski definition) is 8. The van der Waals surface area contributed by atoms with Crippen LogP contribution in [0.4, 0.5) is 11.6 Å². The molecule has 0 aliphatic carbocycles. The van der Waals surface area contributed by atoms with Crippen molar-refractivity contribution in [2.75, 3.05) is 31.2 Å². The second-order valence-corrected chi connectivity index (χ2v) is 13.6. The SMILES string of the molecule is CC(C)(C)c1ccc(OCCn2ccc3c(C(=O)N4CCC5(CC/C(=C\C(=O)c6nc(Cl)c(N)nc6N)N5)CC4)cccc32)cc1. The van der Waals surface area contributed by atoms with Gasteiger partial charge in [-0.3, -0.25) is 9.59 Å². The first kappa shape index (κ1) is 31.4. The lowest BCUT2D eigenvalue weighted by Crippen LogP contribution is -2.51. The summed E-state index contributed by atoms with van der Waals surface area (Å²) in [5.74, 6) is 0.440. The van der Waals surface area contributed by atoms with E-state index in [1.54, 1.807) is 0 Å². The third-order valence-electron chi connectivity index (χ3n) is 9.12. The van der Waals surface area contributed by atoms with Crippen LogP contribution in [0.5, 0.6) is 5.75 Å². The van der Waals surface area contributed by atoms with Crippen molar-refractivity contribution < 1.29 is 14.3 Å². The molecule has 2 aliphatic heterocycles. The van der Waals surface area contributed by atoms with E-state index in [9.17, 15) is 9.59 Å². The van der Waals surface area contributed by atoms with Gasteiger partial charge in [-0.1, -0.05) is 50.6 Å². The van der Waals surface area contributed by atoms with E-state index in [1.165, 1.54) is 11.6 Å². The number of piperidine rings is 1. The molecule has 11 heteroatoms. The third-order valence-corrected chi connectivity index (χ3v) is 9.39. The van der Waals surface area contributed by atoms with Crippen LogP contribution in [0.2, 0.25) is 5.15 Å². The molecule has 6 rings (SSSR count). The normalized spacial score (nSPS) is 17.0. The van der Waals surface area contributed by atoms with E-state index in [1.807, 2.05) is 47.5 Å². The number of likely N-dealkylation sites (tertiary alicyclic amines) is 1. The fraction of sp³-hybridized carbons (Fsp3) is 0.371. The third kappa shape index (κ3) is 6.39. The molecule has 1 amide bonds. The highest BCUT2D eigenvalue weighted by Crippen LogP contribution is 2.36. The van der Waals surface area contributed by atoms with Crippen molar-refractivity contribution >= 4 is 45.8 Å². The number of allylic oxidation sites excluding steroid dienone is 2. The summed E-state index contributed by atoms with van der Waals surface area (Å²) in [6, 6.07) is 16.2. The maximum atomic E-state index is 13.7. The van der Waals surface area contributed by atoms with Crippen LogP contribution < -0.4 is 21.5 Å². The molecule has 2 fully saturated rings. The van der Waals surface area contributed by atoms with Gasteiger partial charge in [0.15, 0.2) is 22.5 Å². The number of hydrogen-bond donors (Lipinski definition) is 3. The minimum Gasteiger partial charge on any atom is -0.492 e. The number of ether oxygens (including phenoxy) is 1. The van der Waals surface area contributed by atoms with Gasteiger partial charge in [-0.05, 0) is 67.0 Å². The summed E-state index contributed by atoms with van der Waals surface area (Å²) < 4.78 is 8.17. The van der Waals surface area contributed by atoms with E-state index in [0.717, 1.165) is 41.6 Å². The number of nitrogens with one attached hydrogen (secondary N) is 1. The van der Waals surface area contributed by atoms with Gasteiger partial charge in [-0.25, -0.2) is 9.97 Å². The molecule has 240 valence electrons. The number of fused-ring (bicyclic) bond motifs is 1. The number of halogens is 1. The Bertz CT molecular complexity index is 1820. The molecule has 2 aliphatic rings. The monoisotopic (exact) mass is 641 g/mol. The van der Waals surface area contributed by atoms with Gasteiger partial charge >= 0.3 is 0 Å². The summed E-state index contributed by atoms with van der Waals surface area (Å²) in [7, 11) is 0. The van der Waals surface area contributed by atoms with Gasteiger partial charge < -0.3 is 31.0 Å². The number of carbonyl (C=O) groups excluding carboxylic acids is 2. The van der Waals surface area contributed by atoms with E-state index in [0.29, 0.717) is 38.2 Å². The molecule has 0 unspecified atom stereocenters. The molecule has 2 aromatic heterocycles. The fourth-order valence-corrected chi connectivity index (χ4v) is 6.53. The minimum absolute atomic E-state index is 0.0142. The molecular weight excluding hydrogens is 602 g/mol. The van der Waals surface area contributed by atoms with Gasteiger partial charge in [-0.2, -0.15) is 0 Å². The molecule has 5 N–H and O–H groups in total. The predicted octanol–water partition coefficient (Wildman–Crippen LogP) is 5.75. The van der Waals surface area contributed by atoms with E-state index in [2.05, 4.69) is 52.8 Å². The van der Waals surface area contributed by atoms with Crippen LogP contribution in [-0.4, -0.2) is 56.4 Å². The number of nitrogens with two attached hydrogens (primary N) is 2. The van der Waals surface area contributed by atoms with E-state index < -0.39 is 0 Å². The van der Waals surface area contributed by atoms with E-state index in [-0.39, 0.29) is 45.1 Å². The van der Waals surface area contributed by atoms with Crippen LogP contribution in [0, 0.1) is 0 Å². The Morgan fingerprint density at radius 1 is 1.02 bits per heavy atom. The summed E-state index contributed by atoms with van der Waals surface area (Å²) in [6.45, 7) is 9.03. The Morgan fingerprint density at radius 3 is 2.48 bits per heavy atom. The van der Waals surface area contributed by atoms with Crippen molar-refractivity contribution in [2.45, 2.75) is 64.0 Å². The lowest BCUT2D eigenvalue weighted by molar-refractivity contribution is 0.0661. The van der Waals surface area contributed by atoms with Crippen molar-refractivity contribution in [3.8, 4) is 5.75 Å². The number of nitrogens with zero attached hydrogens (tertiary/aromatic N) is 4. The first-order valence-electron chi connectivity index (χ1n) is 15.6. The molecule has 0 radical (unpaired) electrons. The Kier molecular flexibility index (Phi) is 8.41. The highest BCUT2D eigenvalue weighted by molar-refractivity contribution is 6.31. The van der Waals surface area contributed by atoms with Gasteiger partial charge in [0.25, 0.3) is 5.91 Å². The fourth-order valence-electron chi connectivity index (χ4n) is 6.40. The molecule has 4 heterocycles. The second kappa shape index (κ2) is 12.3. The highest BCUT2D eigenvalue weighted by atomic mass is 35.5. The summed E-state index contributed by atoms with van der Waals surface area (Å²) in [5.41, 5.74) is 15.2. The molecule has 46 heavy (non-hydrogen) atoms. The smallest absolute Gasteiger partial charge is 0.254 e. The van der Waals surface area contributed by atoms with Gasteiger partial charge in [0.2, 0.25) is 5.78 Å². The number of nitrogen functional groups attached to an aromatic ring is 2. The number of carbonyl (C=O) groups is 2. The zero-order valence-corrected chi connectivity index (χ0v) is 27.2. The maximum Gasteiger partial charge on any atom is 0.254 e.